The largest absolute Gasteiger partial charge is 0.438 e. The summed E-state index contributed by atoms with van der Waals surface area (Å²) >= 11 is 1.22. The summed E-state index contributed by atoms with van der Waals surface area (Å²) < 4.78 is 191. The van der Waals surface area contributed by atoms with Crippen LogP contribution >= 0.6 is 22.6 Å². The molecule has 16 heteroatoms. The molecule has 0 bridgehead atoms. The van der Waals surface area contributed by atoms with Crippen LogP contribution in [0.25, 0.3) is 0 Å². The molecule has 0 nitrogen and oxygen atoms in total. The molecule has 26 heavy (non-hydrogen) atoms. The van der Waals surface area contributed by atoms with E-state index in [-0.39, 0.29) is 0 Å². The SMILES string of the molecule is FC(F)(F)C(F)(C(F)(F)F)C(F)(F)C(F)(F)C(F)(F)C(F)(F)[CH]CCI. The zero-order valence-electron chi connectivity index (χ0n) is 11.5. The zero-order chi connectivity index (χ0) is 21.6. The maximum Gasteiger partial charge on any atom is 0.438 e. The molecule has 0 heterocycles. The lowest BCUT2D eigenvalue weighted by Gasteiger charge is -2.43. The van der Waals surface area contributed by atoms with Crippen molar-refractivity contribution < 1.29 is 65.9 Å². The van der Waals surface area contributed by atoms with Crippen molar-refractivity contribution in [3.63, 3.8) is 0 Å². The highest BCUT2D eigenvalue weighted by Crippen LogP contribution is 2.64. The normalized spacial score (nSPS) is 16.2. The molecule has 0 rings (SSSR count). The summed E-state index contributed by atoms with van der Waals surface area (Å²) in [4.78, 5) is 0. The van der Waals surface area contributed by atoms with Crippen LogP contribution in [-0.2, 0) is 0 Å². The van der Waals surface area contributed by atoms with Gasteiger partial charge in [0.1, 0.15) is 0 Å². The highest BCUT2D eigenvalue weighted by atomic mass is 127. The molecule has 0 aromatic heterocycles. The molecular formula is C10H5F15I. The molecule has 0 saturated heterocycles. The molecule has 0 aliphatic heterocycles. The van der Waals surface area contributed by atoms with Crippen molar-refractivity contribution in [3.8, 4) is 0 Å². The second kappa shape index (κ2) is 6.93. The predicted octanol–water partition coefficient (Wildman–Crippen LogP) is 6.39. The van der Waals surface area contributed by atoms with Gasteiger partial charge in [-0.25, -0.2) is 4.39 Å². The Labute approximate surface area is 148 Å². The Hall–Kier alpha value is -0.320. The molecule has 0 aliphatic carbocycles. The summed E-state index contributed by atoms with van der Waals surface area (Å²) in [5, 5.41) is 0. The van der Waals surface area contributed by atoms with Gasteiger partial charge in [-0.3, -0.25) is 0 Å². The molecule has 0 aromatic rings. The van der Waals surface area contributed by atoms with Crippen LogP contribution in [0.15, 0.2) is 0 Å². The summed E-state index contributed by atoms with van der Waals surface area (Å²) in [6.45, 7) is 0. The lowest BCUT2D eigenvalue weighted by Crippen LogP contribution is -2.75. The average molecular weight is 537 g/mol. The molecule has 0 unspecified atom stereocenters. The van der Waals surface area contributed by atoms with Crippen molar-refractivity contribution in [1.82, 2.24) is 0 Å². The first kappa shape index (κ1) is 25.7. The number of halogens is 16. The Morgan fingerprint density at radius 2 is 0.885 bits per heavy atom. The fourth-order valence-electron chi connectivity index (χ4n) is 1.50. The van der Waals surface area contributed by atoms with Crippen molar-refractivity contribution in [2.24, 2.45) is 0 Å². The van der Waals surface area contributed by atoms with Crippen LogP contribution in [0.4, 0.5) is 65.9 Å². The minimum absolute atomic E-state index is 0.483. The summed E-state index contributed by atoms with van der Waals surface area (Å²) in [7, 11) is 0. The van der Waals surface area contributed by atoms with Gasteiger partial charge in [-0.2, -0.15) is 61.5 Å². The first-order valence-corrected chi connectivity index (χ1v) is 7.32. The first-order valence-electron chi connectivity index (χ1n) is 5.80. The highest BCUT2D eigenvalue weighted by Gasteiger charge is 2.95. The van der Waals surface area contributed by atoms with Gasteiger partial charge in [0.15, 0.2) is 0 Å². The molecule has 0 atom stereocenters. The number of rotatable bonds is 7. The molecule has 0 spiro atoms. The molecule has 0 aliphatic rings. The van der Waals surface area contributed by atoms with Gasteiger partial charge in [0.05, 0.1) is 0 Å². The van der Waals surface area contributed by atoms with Gasteiger partial charge < -0.3 is 0 Å². The van der Waals surface area contributed by atoms with Gasteiger partial charge in [-0.1, -0.05) is 22.6 Å². The molecule has 0 N–H and O–H groups in total. The fraction of sp³-hybridized carbons (Fsp3) is 0.900. The van der Waals surface area contributed by atoms with Gasteiger partial charge in [-0.15, -0.1) is 0 Å². The second-order valence-corrected chi connectivity index (χ2v) is 5.76. The minimum atomic E-state index is -8.35. The van der Waals surface area contributed by atoms with Crippen LogP contribution in [-0.4, -0.2) is 46.1 Å². The molecule has 157 valence electrons. The Morgan fingerprint density at radius 1 is 0.538 bits per heavy atom. The van der Waals surface area contributed by atoms with Crippen molar-refractivity contribution in [2.45, 2.75) is 48.1 Å². The van der Waals surface area contributed by atoms with Crippen LogP contribution in [0.1, 0.15) is 6.42 Å². The standard InChI is InChI=1S/C10H5F15I/c11-4(12,2-1-3-26)6(14,15)8(18,19)7(16,17)5(13,9(20,21)22)10(23,24)25/h2H,1,3H2. The highest BCUT2D eigenvalue weighted by molar-refractivity contribution is 14.1. The van der Waals surface area contributed by atoms with Gasteiger partial charge in [0, 0.05) is 10.8 Å². The Kier molecular flexibility index (Phi) is 6.85. The fourth-order valence-corrected chi connectivity index (χ4v) is 1.81. The molecule has 0 saturated carbocycles. The lowest BCUT2D eigenvalue weighted by molar-refractivity contribution is -0.455. The van der Waals surface area contributed by atoms with E-state index in [1.165, 1.54) is 22.6 Å². The van der Waals surface area contributed by atoms with Crippen LogP contribution in [0.2, 0.25) is 0 Å². The smallest absolute Gasteiger partial charge is 0.216 e. The van der Waals surface area contributed by atoms with Crippen molar-refractivity contribution in [1.29, 1.82) is 0 Å². The quantitative estimate of drug-likeness (QED) is 0.201. The van der Waals surface area contributed by atoms with Gasteiger partial charge in [0.2, 0.25) is 0 Å². The number of hydrogen-bond acceptors (Lipinski definition) is 0. The van der Waals surface area contributed by atoms with E-state index in [2.05, 4.69) is 0 Å². The van der Waals surface area contributed by atoms with E-state index in [0.29, 0.717) is 0 Å². The van der Waals surface area contributed by atoms with E-state index in [4.69, 9.17) is 0 Å². The molecule has 0 aromatic carbocycles. The van der Waals surface area contributed by atoms with Crippen molar-refractivity contribution in [3.05, 3.63) is 6.42 Å². The van der Waals surface area contributed by atoms with E-state index in [9.17, 15) is 65.9 Å². The van der Waals surface area contributed by atoms with Crippen LogP contribution < -0.4 is 0 Å². The summed E-state index contributed by atoms with van der Waals surface area (Å²) in [5.41, 5.74) is -8.24. The van der Waals surface area contributed by atoms with Crippen LogP contribution in [0.5, 0.6) is 0 Å². The third-order valence-electron chi connectivity index (χ3n) is 2.93. The minimum Gasteiger partial charge on any atom is -0.216 e. The third-order valence-corrected chi connectivity index (χ3v) is 3.55. The molecule has 1 radical (unpaired) electrons. The third kappa shape index (κ3) is 3.54. The molecule has 0 amide bonds. The predicted molar refractivity (Wildman–Crippen MR) is 63.5 cm³/mol. The van der Waals surface area contributed by atoms with Gasteiger partial charge in [-0.05, 0) is 6.42 Å². The van der Waals surface area contributed by atoms with Crippen molar-refractivity contribution >= 4 is 22.6 Å². The summed E-state index contributed by atoms with van der Waals surface area (Å²) in [6, 6.07) is 0. The molecule has 0 fully saturated rings. The summed E-state index contributed by atoms with van der Waals surface area (Å²) in [6.07, 6.45) is -18.0. The van der Waals surface area contributed by atoms with E-state index >= 15 is 0 Å². The van der Waals surface area contributed by atoms with E-state index < -0.39 is 59.0 Å². The Bertz CT molecular complexity index is 474. The first-order chi connectivity index (χ1) is 11.1. The van der Waals surface area contributed by atoms with E-state index in [0.717, 1.165) is 0 Å². The lowest BCUT2D eigenvalue weighted by atomic mass is 9.85. The maximum absolute atomic E-state index is 13.2. The van der Waals surface area contributed by atoms with Crippen molar-refractivity contribution in [2.75, 3.05) is 4.43 Å². The number of hydrogen-bond donors (Lipinski definition) is 0. The van der Waals surface area contributed by atoms with Crippen LogP contribution in [0.3, 0.4) is 0 Å². The maximum atomic E-state index is 13.2. The van der Waals surface area contributed by atoms with E-state index in [1.54, 1.807) is 0 Å². The average Bonchev–Trinajstić information content (AvgIpc) is 2.40. The van der Waals surface area contributed by atoms with Gasteiger partial charge in [0.25, 0.3) is 0 Å². The van der Waals surface area contributed by atoms with Crippen LogP contribution in [0, 0.1) is 6.42 Å². The number of alkyl halides is 16. The summed E-state index contributed by atoms with van der Waals surface area (Å²) in [5.74, 6) is -30.2. The van der Waals surface area contributed by atoms with E-state index in [1.807, 2.05) is 0 Å². The molecular weight excluding hydrogens is 532 g/mol. The zero-order valence-corrected chi connectivity index (χ0v) is 13.7. The Morgan fingerprint density at radius 3 is 1.15 bits per heavy atom. The second-order valence-electron chi connectivity index (χ2n) is 4.68. The Balaban J connectivity index is 6.55. The topological polar surface area (TPSA) is 0 Å². The monoisotopic (exact) mass is 537 g/mol. The van der Waals surface area contributed by atoms with Gasteiger partial charge >= 0.3 is 41.7 Å².